The van der Waals surface area contributed by atoms with E-state index in [1.807, 2.05) is 6.07 Å². The second-order valence-corrected chi connectivity index (χ2v) is 8.55. The highest BCUT2D eigenvalue weighted by Crippen LogP contribution is 2.40. The lowest BCUT2D eigenvalue weighted by Crippen LogP contribution is -2.45. The topological polar surface area (TPSA) is 34.2 Å². The van der Waals surface area contributed by atoms with E-state index in [2.05, 4.69) is 71.3 Å². The van der Waals surface area contributed by atoms with Crippen molar-refractivity contribution in [2.75, 3.05) is 47.5 Å². The standard InChI is InChI=1S/C28H34N2O3.2ClH/c1-21-10-11-23(22-8-6-5-7-9-22)18-25(21)20-30-16-14-29(15-17-30)19-24-12-13-26(31-2)28(33-4)27(24)32-3;;/h5-13,18H,14-17,19-20H2,1-4H3;2*1H. The number of ether oxygens (including phenoxy) is 3. The van der Waals surface area contributed by atoms with Gasteiger partial charge in [0, 0.05) is 44.8 Å². The van der Waals surface area contributed by atoms with E-state index < -0.39 is 0 Å². The normalized spacial score (nSPS) is 13.9. The Morgan fingerprint density at radius 1 is 0.629 bits per heavy atom. The van der Waals surface area contributed by atoms with Gasteiger partial charge in [0.05, 0.1) is 21.3 Å². The Morgan fingerprint density at radius 2 is 1.23 bits per heavy atom. The number of hydrogen-bond donors (Lipinski definition) is 0. The van der Waals surface area contributed by atoms with Crippen LogP contribution in [-0.2, 0) is 13.1 Å². The summed E-state index contributed by atoms with van der Waals surface area (Å²) < 4.78 is 16.6. The summed E-state index contributed by atoms with van der Waals surface area (Å²) in [5, 5.41) is 0. The molecule has 1 heterocycles. The fourth-order valence-electron chi connectivity index (χ4n) is 4.53. The van der Waals surface area contributed by atoms with Crippen molar-refractivity contribution in [1.82, 2.24) is 9.80 Å². The Labute approximate surface area is 221 Å². The monoisotopic (exact) mass is 518 g/mol. The van der Waals surface area contributed by atoms with E-state index >= 15 is 0 Å². The summed E-state index contributed by atoms with van der Waals surface area (Å²) in [4.78, 5) is 5.03. The Hall–Kier alpha value is -2.44. The predicted molar refractivity (Wildman–Crippen MR) is 148 cm³/mol. The molecule has 0 amide bonds. The molecule has 1 saturated heterocycles. The summed E-state index contributed by atoms with van der Waals surface area (Å²) >= 11 is 0. The first kappa shape index (κ1) is 28.8. The van der Waals surface area contributed by atoms with Gasteiger partial charge < -0.3 is 14.2 Å². The van der Waals surface area contributed by atoms with E-state index in [-0.39, 0.29) is 24.8 Å². The van der Waals surface area contributed by atoms with E-state index in [1.54, 1.807) is 21.3 Å². The van der Waals surface area contributed by atoms with Crippen LogP contribution in [0.25, 0.3) is 11.1 Å². The highest BCUT2D eigenvalue weighted by molar-refractivity contribution is 5.85. The maximum absolute atomic E-state index is 5.67. The zero-order valence-electron chi connectivity index (χ0n) is 21.0. The third kappa shape index (κ3) is 6.83. The van der Waals surface area contributed by atoms with Gasteiger partial charge in [-0.3, -0.25) is 9.80 Å². The lowest BCUT2D eigenvalue weighted by molar-refractivity contribution is 0.121. The van der Waals surface area contributed by atoms with Crippen LogP contribution < -0.4 is 14.2 Å². The van der Waals surface area contributed by atoms with E-state index in [0.717, 1.165) is 50.6 Å². The molecular weight excluding hydrogens is 483 g/mol. The highest BCUT2D eigenvalue weighted by Gasteiger charge is 2.21. The quantitative estimate of drug-likeness (QED) is 0.373. The fourth-order valence-corrected chi connectivity index (χ4v) is 4.53. The predicted octanol–water partition coefficient (Wildman–Crippen LogP) is 5.85. The molecule has 0 atom stereocenters. The molecule has 0 bridgehead atoms. The number of halogens is 2. The van der Waals surface area contributed by atoms with Crippen molar-refractivity contribution < 1.29 is 14.2 Å². The summed E-state index contributed by atoms with van der Waals surface area (Å²) in [5.74, 6) is 2.11. The first-order chi connectivity index (χ1) is 16.1. The lowest BCUT2D eigenvalue weighted by Gasteiger charge is -2.35. The molecule has 5 nitrogen and oxygen atoms in total. The van der Waals surface area contributed by atoms with Crippen LogP contribution in [0.1, 0.15) is 16.7 Å². The maximum Gasteiger partial charge on any atom is 0.203 e. The largest absolute Gasteiger partial charge is 0.493 e. The summed E-state index contributed by atoms with van der Waals surface area (Å²) in [6.45, 7) is 8.17. The average molecular weight is 520 g/mol. The minimum atomic E-state index is 0. The van der Waals surface area contributed by atoms with Gasteiger partial charge in [0.15, 0.2) is 11.5 Å². The van der Waals surface area contributed by atoms with Gasteiger partial charge in [-0.15, -0.1) is 24.8 Å². The van der Waals surface area contributed by atoms with Crippen molar-refractivity contribution in [1.29, 1.82) is 0 Å². The molecule has 4 rings (SSSR count). The molecule has 0 unspecified atom stereocenters. The Balaban J connectivity index is 0.00000216. The van der Waals surface area contributed by atoms with Crippen molar-refractivity contribution in [3.05, 3.63) is 77.4 Å². The molecule has 1 fully saturated rings. The van der Waals surface area contributed by atoms with Crippen LogP contribution in [-0.4, -0.2) is 57.3 Å². The highest BCUT2D eigenvalue weighted by atomic mass is 35.5. The number of methoxy groups -OCH3 is 3. The average Bonchev–Trinajstić information content (AvgIpc) is 2.86. The summed E-state index contributed by atoms with van der Waals surface area (Å²) in [7, 11) is 4.98. The number of benzene rings is 3. The van der Waals surface area contributed by atoms with Crippen LogP contribution in [0.4, 0.5) is 0 Å². The van der Waals surface area contributed by atoms with Crippen molar-refractivity contribution >= 4 is 24.8 Å². The Kier molecular flexibility index (Phi) is 11.2. The number of piperazine rings is 1. The molecule has 0 saturated carbocycles. The maximum atomic E-state index is 5.67. The molecular formula is C28H36Cl2N2O3. The first-order valence-electron chi connectivity index (χ1n) is 11.5. The van der Waals surface area contributed by atoms with E-state index in [0.29, 0.717) is 11.5 Å². The van der Waals surface area contributed by atoms with Crippen LogP contribution in [0.3, 0.4) is 0 Å². The fraction of sp³-hybridized carbons (Fsp3) is 0.357. The molecule has 1 aliphatic heterocycles. The van der Waals surface area contributed by atoms with Gasteiger partial charge in [-0.2, -0.15) is 0 Å². The lowest BCUT2D eigenvalue weighted by atomic mass is 9.99. The van der Waals surface area contributed by atoms with Crippen molar-refractivity contribution in [2.24, 2.45) is 0 Å². The van der Waals surface area contributed by atoms with Gasteiger partial charge in [0.2, 0.25) is 5.75 Å². The summed E-state index contributed by atoms with van der Waals surface area (Å²) in [5.41, 5.74) is 6.44. The summed E-state index contributed by atoms with van der Waals surface area (Å²) in [6.07, 6.45) is 0. The smallest absolute Gasteiger partial charge is 0.203 e. The van der Waals surface area contributed by atoms with E-state index in [1.165, 1.54) is 22.3 Å². The minimum Gasteiger partial charge on any atom is -0.493 e. The van der Waals surface area contributed by atoms with Crippen LogP contribution in [0, 0.1) is 6.92 Å². The minimum absolute atomic E-state index is 0. The molecule has 1 aliphatic rings. The second kappa shape index (κ2) is 13.6. The van der Waals surface area contributed by atoms with Gasteiger partial charge in [-0.1, -0.05) is 48.5 Å². The van der Waals surface area contributed by atoms with Gasteiger partial charge in [0.1, 0.15) is 0 Å². The SMILES string of the molecule is COc1ccc(CN2CCN(Cc3cc(-c4ccccc4)ccc3C)CC2)c(OC)c1OC.Cl.Cl. The van der Waals surface area contributed by atoms with Crippen molar-refractivity contribution in [3.8, 4) is 28.4 Å². The van der Waals surface area contributed by atoms with E-state index in [9.17, 15) is 0 Å². The third-order valence-corrected chi connectivity index (χ3v) is 6.49. The third-order valence-electron chi connectivity index (χ3n) is 6.49. The second-order valence-electron chi connectivity index (χ2n) is 8.55. The van der Waals surface area contributed by atoms with Crippen molar-refractivity contribution in [3.63, 3.8) is 0 Å². The molecule has 0 aliphatic carbocycles. The Morgan fingerprint density at radius 3 is 1.80 bits per heavy atom. The molecule has 0 radical (unpaired) electrons. The molecule has 0 N–H and O–H groups in total. The van der Waals surface area contributed by atoms with Crippen molar-refractivity contribution in [2.45, 2.75) is 20.0 Å². The number of nitrogens with zero attached hydrogens (tertiary/aromatic N) is 2. The van der Waals surface area contributed by atoms with Gasteiger partial charge in [-0.05, 0) is 41.3 Å². The van der Waals surface area contributed by atoms with Crippen LogP contribution in [0.5, 0.6) is 17.2 Å². The van der Waals surface area contributed by atoms with Gasteiger partial charge >= 0.3 is 0 Å². The first-order valence-corrected chi connectivity index (χ1v) is 11.5. The zero-order chi connectivity index (χ0) is 23.2. The van der Waals surface area contributed by atoms with E-state index in [4.69, 9.17) is 14.2 Å². The molecule has 7 heteroatoms. The summed E-state index contributed by atoms with van der Waals surface area (Å²) in [6, 6.07) is 21.5. The van der Waals surface area contributed by atoms with Gasteiger partial charge in [0.25, 0.3) is 0 Å². The Bertz CT molecular complexity index is 1070. The van der Waals surface area contributed by atoms with Crippen LogP contribution >= 0.6 is 24.8 Å². The number of rotatable bonds is 8. The molecule has 0 aromatic heterocycles. The molecule has 0 spiro atoms. The van der Waals surface area contributed by atoms with Gasteiger partial charge in [-0.25, -0.2) is 0 Å². The number of aryl methyl sites for hydroxylation is 1. The molecule has 190 valence electrons. The zero-order valence-corrected chi connectivity index (χ0v) is 22.6. The van der Waals surface area contributed by atoms with Crippen LogP contribution in [0.15, 0.2) is 60.7 Å². The molecule has 3 aromatic rings. The molecule has 35 heavy (non-hydrogen) atoms. The van der Waals surface area contributed by atoms with Crippen LogP contribution in [0.2, 0.25) is 0 Å². The molecule has 3 aromatic carbocycles. The number of hydrogen-bond acceptors (Lipinski definition) is 5.